The minimum atomic E-state index is -1.74. The lowest BCUT2D eigenvalue weighted by molar-refractivity contribution is -0.143. The third kappa shape index (κ3) is 19.9. The van der Waals surface area contributed by atoms with Gasteiger partial charge < -0.3 is 90.8 Å². The molecule has 2 aliphatic heterocycles. The van der Waals surface area contributed by atoms with Crippen LogP contribution in [0.1, 0.15) is 78.1 Å². The number of likely N-dealkylation sites (tertiary alicyclic amines) is 1. The second kappa shape index (κ2) is 29.0. The highest BCUT2D eigenvalue weighted by Crippen LogP contribution is 2.21. The molecule has 2 heterocycles. The van der Waals surface area contributed by atoms with Crippen molar-refractivity contribution in [3.8, 4) is 0 Å². The molecule has 29 nitrogen and oxygen atoms in total. The Kier molecular flexibility index (Phi) is 24.4. The van der Waals surface area contributed by atoms with E-state index in [1.807, 2.05) is 0 Å². The molecule has 20 N–H and O–H groups in total. The van der Waals surface area contributed by atoms with E-state index in [1.165, 1.54) is 18.7 Å². The van der Waals surface area contributed by atoms with E-state index >= 15 is 0 Å². The number of hydrogen-bond donors (Lipinski definition) is 16. The number of amides is 8. The zero-order valence-electron chi connectivity index (χ0n) is 38.0. The van der Waals surface area contributed by atoms with Gasteiger partial charge in [-0.3, -0.25) is 53.1 Å². The van der Waals surface area contributed by atoms with Gasteiger partial charge >= 0.3 is 11.9 Å². The van der Waals surface area contributed by atoms with Crippen LogP contribution in [0.5, 0.6) is 0 Å². The molecule has 29 heteroatoms. The molecule has 9 atom stereocenters. The Hall–Kier alpha value is -6.88. The van der Waals surface area contributed by atoms with Crippen LogP contribution < -0.4 is 65.5 Å². The predicted octanol–water partition coefficient (Wildman–Crippen LogP) is -7.80. The Morgan fingerprint density at radius 3 is 1.71 bits per heavy atom. The van der Waals surface area contributed by atoms with E-state index in [0.29, 0.717) is 32.4 Å². The molecule has 0 spiro atoms. The average molecular weight is 970 g/mol. The smallest absolute Gasteiger partial charge is 0.328 e. The Morgan fingerprint density at radius 2 is 1.24 bits per heavy atom. The lowest BCUT2D eigenvalue weighted by Crippen LogP contribution is -2.60. The summed E-state index contributed by atoms with van der Waals surface area (Å²) in [6, 6.07) is -10.5. The van der Waals surface area contributed by atoms with Crippen LogP contribution in [0.3, 0.4) is 0 Å². The van der Waals surface area contributed by atoms with Crippen molar-refractivity contribution >= 4 is 71.1 Å². The third-order valence-corrected chi connectivity index (χ3v) is 10.7. The van der Waals surface area contributed by atoms with E-state index in [2.05, 4.69) is 52.5 Å². The number of aliphatic imine (C=N–C) groups is 2. The van der Waals surface area contributed by atoms with Crippen molar-refractivity contribution in [2.75, 3.05) is 39.3 Å². The van der Waals surface area contributed by atoms with E-state index < -0.39 is 134 Å². The minimum Gasteiger partial charge on any atom is -0.481 e. The van der Waals surface area contributed by atoms with Gasteiger partial charge in [0.25, 0.3) is 0 Å². The Labute approximate surface area is 391 Å². The zero-order chi connectivity index (χ0) is 51.1. The predicted molar refractivity (Wildman–Crippen MR) is 239 cm³/mol. The summed E-state index contributed by atoms with van der Waals surface area (Å²) in [5, 5.41) is 57.9. The van der Waals surface area contributed by atoms with Crippen LogP contribution in [0.4, 0.5) is 0 Å². The molecule has 2 aliphatic rings. The number of hydrogen-bond acceptors (Lipinski definition) is 15. The molecule has 0 saturated carbocycles. The average Bonchev–Trinajstić information content (AvgIpc) is 4.00. The molecular weight excluding hydrogens is 903 g/mol. The maximum Gasteiger partial charge on any atom is 0.328 e. The van der Waals surface area contributed by atoms with Gasteiger partial charge in [0.05, 0.1) is 25.3 Å². The standard InChI is InChI=1S/C39H67N15O14/c1-19(48-35(65)29(20(2)56)53-34(64)26-10-6-16-54(26)36(66)24-9-5-13-44-24)30(60)47-17-27(57)49-23(11-12-28(58)59)33(63)51-21(7-3-14-45-38(40)41)31(61)50-22(8-4-15-46-39(42)43)32(62)52-25(18-55)37(67)68/h19-26,29,44,55-56H,3-18H2,1-2H3,(H,47,60)(H,48,65)(H,49,57)(H,50,61)(H,51,63)(H,52,62)(H,53,64)(H,58,59)(H,67,68)(H4,40,41,45)(H4,42,43,46)/t19-,20+,21-,22-,23-,24-,25-,26-,29-/m0/s1. The fraction of sp³-hybridized carbons (Fsp3) is 0.692. The minimum absolute atomic E-state index is 0.00586. The number of aliphatic hydroxyl groups is 2. The molecule has 8 amide bonds. The number of guanidine groups is 2. The van der Waals surface area contributed by atoms with E-state index in [1.54, 1.807) is 0 Å². The monoisotopic (exact) mass is 969 g/mol. The third-order valence-electron chi connectivity index (χ3n) is 10.7. The first-order valence-corrected chi connectivity index (χ1v) is 22.0. The van der Waals surface area contributed by atoms with Gasteiger partial charge in [-0.15, -0.1) is 0 Å². The second-order valence-electron chi connectivity index (χ2n) is 16.2. The van der Waals surface area contributed by atoms with E-state index in [4.69, 9.17) is 22.9 Å². The lowest BCUT2D eigenvalue weighted by Gasteiger charge is -2.29. The fourth-order valence-electron chi connectivity index (χ4n) is 7.07. The van der Waals surface area contributed by atoms with Crippen molar-refractivity contribution in [1.82, 2.24) is 47.4 Å². The van der Waals surface area contributed by atoms with E-state index in [-0.39, 0.29) is 56.6 Å². The molecule has 0 bridgehead atoms. The molecule has 2 fully saturated rings. The van der Waals surface area contributed by atoms with Gasteiger partial charge in [0.1, 0.15) is 42.3 Å². The number of carbonyl (C=O) groups excluding carboxylic acids is 8. The number of carboxylic acids is 2. The maximum atomic E-state index is 13.7. The number of aliphatic hydroxyl groups excluding tert-OH is 2. The van der Waals surface area contributed by atoms with E-state index in [0.717, 1.165) is 6.42 Å². The van der Waals surface area contributed by atoms with Gasteiger partial charge in [-0.1, -0.05) is 0 Å². The Balaban J connectivity index is 2.15. The van der Waals surface area contributed by atoms with Crippen LogP contribution in [0, 0.1) is 0 Å². The molecular formula is C39H67N15O14. The summed E-state index contributed by atoms with van der Waals surface area (Å²) < 4.78 is 0. The summed E-state index contributed by atoms with van der Waals surface area (Å²) in [5.41, 5.74) is 21.5. The number of aliphatic carboxylic acids is 2. The quantitative estimate of drug-likeness (QED) is 0.0188. The van der Waals surface area contributed by atoms with Crippen molar-refractivity contribution in [2.45, 2.75) is 132 Å². The first-order chi connectivity index (χ1) is 32.0. The summed E-state index contributed by atoms with van der Waals surface area (Å²) in [6.07, 6.45) is -0.501. The molecule has 0 unspecified atom stereocenters. The molecule has 2 saturated heterocycles. The van der Waals surface area contributed by atoms with Crippen molar-refractivity contribution in [3.63, 3.8) is 0 Å². The van der Waals surface area contributed by atoms with Crippen molar-refractivity contribution < 1.29 is 68.4 Å². The van der Waals surface area contributed by atoms with Crippen molar-refractivity contribution in [2.24, 2.45) is 32.9 Å². The molecule has 0 radical (unpaired) electrons. The summed E-state index contributed by atoms with van der Waals surface area (Å²) >= 11 is 0. The van der Waals surface area contributed by atoms with Crippen LogP contribution in [0.25, 0.3) is 0 Å². The largest absolute Gasteiger partial charge is 0.481 e. The van der Waals surface area contributed by atoms with Gasteiger partial charge in [-0.2, -0.15) is 0 Å². The molecule has 0 aliphatic carbocycles. The SMILES string of the molecule is C[C@H](NC(=O)[C@@H](NC(=O)[C@@H]1CCCN1C(=O)[C@@H]1CCCN1)[C@@H](C)O)C(=O)NCC(=O)N[C@@H](CCC(=O)O)C(=O)N[C@@H](CCCN=C(N)N)C(=O)N[C@@H](CCCN=C(N)N)C(=O)N[C@@H](CO)C(=O)O. The number of nitrogens with zero attached hydrogens (tertiary/aromatic N) is 3. The molecule has 68 heavy (non-hydrogen) atoms. The summed E-state index contributed by atoms with van der Waals surface area (Å²) in [6.45, 7) is 1.66. The number of nitrogens with one attached hydrogen (secondary N) is 8. The fourth-order valence-corrected chi connectivity index (χ4v) is 7.07. The molecule has 2 rings (SSSR count). The molecule has 0 aromatic carbocycles. The number of nitrogens with two attached hydrogens (primary N) is 4. The maximum absolute atomic E-state index is 13.7. The Morgan fingerprint density at radius 1 is 0.691 bits per heavy atom. The Bertz CT molecular complexity index is 1850. The van der Waals surface area contributed by atoms with Crippen LogP contribution >= 0.6 is 0 Å². The summed E-state index contributed by atoms with van der Waals surface area (Å²) in [5.74, 6) is -10.3. The first kappa shape index (κ1) is 57.2. The highest BCUT2D eigenvalue weighted by Gasteiger charge is 2.40. The zero-order valence-corrected chi connectivity index (χ0v) is 38.0. The highest BCUT2D eigenvalue weighted by molar-refractivity contribution is 5.97. The van der Waals surface area contributed by atoms with Crippen molar-refractivity contribution in [3.05, 3.63) is 0 Å². The van der Waals surface area contributed by atoms with Crippen LogP contribution in [0.15, 0.2) is 9.98 Å². The number of carbonyl (C=O) groups is 10. The van der Waals surface area contributed by atoms with Gasteiger partial charge in [0.15, 0.2) is 11.9 Å². The number of carboxylic acid groups (broad SMARTS) is 2. The number of rotatable bonds is 29. The van der Waals surface area contributed by atoms with Gasteiger partial charge in [-0.25, -0.2) is 4.79 Å². The topological polar surface area (TPSA) is 480 Å². The lowest BCUT2D eigenvalue weighted by atomic mass is 10.1. The van der Waals surface area contributed by atoms with Crippen LogP contribution in [-0.2, 0) is 47.9 Å². The van der Waals surface area contributed by atoms with Gasteiger partial charge in [-0.05, 0) is 78.2 Å². The van der Waals surface area contributed by atoms with Gasteiger partial charge in [0, 0.05) is 26.1 Å². The molecule has 0 aromatic rings. The normalized spacial score (nSPS) is 18.4. The highest BCUT2D eigenvalue weighted by atomic mass is 16.4. The summed E-state index contributed by atoms with van der Waals surface area (Å²) in [7, 11) is 0. The summed E-state index contributed by atoms with van der Waals surface area (Å²) in [4.78, 5) is 138. The van der Waals surface area contributed by atoms with Crippen LogP contribution in [-0.4, -0.2) is 190 Å². The second-order valence-corrected chi connectivity index (χ2v) is 16.2. The van der Waals surface area contributed by atoms with Crippen molar-refractivity contribution in [1.29, 1.82) is 0 Å². The molecule has 382 valence electrons. The van der Waals surface area contributed by atoms with Gasteiger partial charge in [0.2, 0.25) is 47.3 Å². The molecule has 0 aromatic heterocycles. The van der Waals surface area contributed by atoms with Crippen LogP contribution in [0.2, 0.25) is 0 Å². The first-order valence-electron chi connectivity index (χ1n) is 22.0. The van der Waals surface area contributed by atoms with E-state index in [9.17, 15) is 68.4 Å².